The average Bonchev–Trinajstić information content (AvgIpc) is 2.48. The van der Waals surface area contributed by atoms with Gasteiger partial charge in [-0.1, -0.05) is 28.9 Å². The van der Waals surface area contributed by atoms with E-state index in [2.05, 4.69) is 39.2 Å². The lowest BCUT2D eigenvalue weighted by Crippen LogP contribution is -2.14. The first-order valence-corrected chi connectivity index (χ1v) is 7.60. The summed E-state index contributed by atoms with van der Waals surface area (Å²) < 4.78 is 6.95. The molecule has 0 aliphatic heterocycles. The van der Waals surface area contributed by atoms with Crippen LogP contribution in [-0.2, 0) is 13.2 Å². The highest BCUT2D eigenvalue weighted by molar-refractivity contribution is 9.10. The zero-order valence-corrected chi connectivity index (χ0v) is 13.2. The molecule has 0 spiro atoms. The molecule has 0 bridgehead atoms. The molecule has 0 saturated heterocycles. The van der Waals surface area contributed by atoms with Crippen molar-refractivity contribution in [2.75, 3.05) is 6.54 Å². The molecular formula is C16H19BrN2O. The fourth-order valence-corrected chi connectivity index (χ4v) is 2.27. The number of halogens is 1. The Bertz CT molecular complexity index is 531. The third kappa shape index (κ3) is 4.62. The van der Waals surface area contributed by atoms with Crippen LogP contribution in [0.2, 0.25) is 0 Å². The van der Waals surface area contributed by atoms with Crippen molar-refractivity contribution >= 4 is 15.9 Å². The van der Waals surface area contributed by atoms with Crippen LogP contribution in [0.1, 0.15) is 24.6 Å². The molecule has 106 valence electrons. The van der Waals surface area contributed by atoms with Crippen molar-refractivity contribution in [3.63, 3.8) is 0 Å². The Kier molecular flexibility index (Phi) is 6.02. The van der Waals surface area contributed by atoms with Crippen LogP contribution in [-0.4, -0.2) is 11.5 Å². The Hall–Kier alpha value is -1.39. The summed E-state index contributed by atoms with van der Waals surface area (Å²) in [6.07, 6.45) is 2.90. The summed E-state index contributed by atoms with van der Waals surface area (Å²) in [6.45, 7) is 4.46. The standard InChI is InChI=1S/C16H19BrN2O/c1-2-8-18-11-13-10-14(17)6-7-16(13)20-12-15-5-3-4-9-19-15/h3-7,9-10,18H,2,8,11-12H2,1H3. The maximum absolute atomic E-state index is 5.89. The first kappa shape index (κ1) is 15.0. The van der Waals surface area contributed by atoms with E-state index in [0.717, 1.165) is 41.0 Å². The van der Waals surface area contributed by atoms with Gasteiger partial charge in [0.25, 0.3) is 0 Å². The van der Waals surface area contributed by atoms with E-state index in [9.17, 15) is 0 Å². The van der Waals surface area contributed by atoms with Crippen LogP contribution in [0.15, 0.2) is 47.1 Å². The summed E-state index contributed by atoms with van der Waals surface area (Å²) in [5.41, 5.74) is 2.09. The molecule has 0 aliphatic carbocycles. The number of benzene rings is 1. The Morgan fingerprint density at radius 1 is 1.25 bits per heavy atom. The van der Waals surface area contributed by atoms with Crippen molar-refractivity contribution in [3.8, 4) is 5.75 Å². The first-order valence-electron chi connectivity index (χ1n) is 6.81. The molecule has 0 unspecified atom stereocenters. The van der Waals surface area contributed by atoms with E-state index in [4.69, 9.17) is 4.74 Å². The van der Waals surface area contributed by atoms with Crippen LogP contribution in [0, 0.1) is 0 Å². The minimum absolute atomic E-state index is 0.489. The molecular weight excluding hydrogens is 316 g/mol. The summed E-state index contributed by atoms with van der Waals surface area (Å²) in [4.78, 5) is 4.27. The van der Waals surface area contributed by atoms with Crippen molar-refractivity contribution in [1.82, 2.24) is 10.3 Å². The number of ether oxygens (including phenoxy) is 1. The lowest BCUT2D eigenvalue weighted by atomic mass is 10.2. The van der Waals surface area contributed by atoms with Gasteiger partial charge in [0, 0.05) is 22.8 Å². The van der Waals surface area contributed by atoms with E-state index < -0.39 is 0 Å². The quantitative estimate of drug-likeness (QED) is 0.779. The maximum Gasteiger partial charge on any atom is 0.130 e. The molecule has 1 aromatic carbocycles. The topological polar surface area (TPSA) is 34.1 Å². The van der Waals surface area contributed by atoms with Crippen LogP contribution >= 0.6 is 15.9 Å². The minimum Gasteiger partial charge on any atom is -0.487 e. The second-order valence-electron chi connectivity index (χ2n) is 4.54. The van der Waals surface area contributed by atoms with Crippen LogP contribution in [0.25, 0.3) is 0 Å². The molecule has 0 radical (unpaired) electrons. The van der Waals surface area contributed by atoms with Gasteiger partial charge in [-0.15, -0.1) is 0 Å². The van der Waals surface area contributed by atoms with Gasteiger partial charge in [0.2, 0.25) is 0 Å². The van der Waals surface area contributed by atoms with E-state index in [-0.39, 0.29) is 0 Å². The number of nitrogens with one attached hydrogen (secondary N) is 1. The molecule has 1 heterocycles. The van der Waals surface area contributed by atoms with Crippen molar-refractivity contribution in [2.45, 2.75) is 26.5 Å². The molecule has 2 aromatic rings. The molecule has 4 heteroatoms. The van der Waals surface area contributed by atoms with E-state index in [1.165, 1.54) is 0 Å². The minimum atomic E-state index is 0.489. The zero-order chi connectivity index (χ0) is 14.2. The van der Waals surface area contributed by atoms with Gasteiger partial charge in [0.15, 0.2) is 0 Å². The average molecular weight is 335 g/mol. The van der Waals surface area contributed by atoms with E-state index in [1.807, 2.05) is 30.3 Å². The smallest absolute Gasteiger partial charge is 0.130 e. The summed E-state index contributed by atoms with van der Waals surface area (Å²) in [7, 11) is 0. The fourth-order valence-electron chi connectivity index (χ4n) is 1.86. The SMILES string of the molecule is CCCNCc1cc(Br)ccc1OCc1ccccn1. The normalized spacial score (nSPS) is 10.5. The van der Waals surface area contributed by atoms with Crippen molar-refractivity contribution in [2.24, 2.45) is 0 Å². The van der Waals surface area contributed by atoms with E-state index in [1.54, 1.807) is 6.20 Å². The van der Waals surface area contributed by atoms with Gasteiger partial charge in [-0.2, -0.15) is 0 Å². The number of rotatable bonds is 7. The van der Waals surface area contributed by atoms with E-state index >= 15 is 0 Å². The Labute approximate surface area is 128 Å². The lowest BCUT2D eigenvalue weighted by Gasteiger charge is -2.12. The summed E-state index contributed by atoms with van der Waals surface area (Å²) >= 11 is 3.51. The number of aromatic nitrogens is 1. The van der Waals surface area contributed by atoms with Gasteiger partial charge in [-0.25, -0.2) is 0 Å². The third-order valence-electron chi connectivity index (χ3n) is 2.87. The second kappa shape index (κ2) is 8.02. The predicted octanol–water partition coefficient (Wildman–Crippen LogP) is 3.92. The monoisotopic (exact) mass is 334 g/mol. The van der Waals surface area contributed by atoms with Crippen molar-refractivity contribution in [1.29, 1.82) is 0 Å². The third-order valence-corrected chi connectivity index (χ3v) is 3.36. The van der Waals surface area contributed by atoms with Gasteiger partial charge < -0.3 is 10.1 Å². The second-order valence-corrected chi connectivity index (χ2v) is 5.45. The van der Waals surface area contributed by atoms with Crippen LogP contribution in [0.4, 0.5) is 0 Å². The highest BCUT2D eigenvalue weighted by Gasteiger charge is 2.05. The molecule has 0 atom stereocenters. The first-order chi connectivity index (χ1) is 9.79. The number of hydrogen-bond acceptors (Lipinski definition) is 3. The molecule has 3 nitrogen and oxygen atoms in total. The Balaban J connectivity index is 2.02. The summed E-state index contributed by atoms with van der Waals surface area (Å²) in [5, 5.41) is 3.40. The molecule has 20 heavy (non-hydrogen) atoms. The van der Waals surface area contributed by atoms with Gasteiger partial charge in [-0.3, -0.25) is 4.98 Å². The van der Waals surface area contributed by atoms with Crippen molar-refractivity contribution < 1.29 is 4.74 Å². The van der Waals surface area contributed by atoms with Crippen LogP contribution in [0.3, 0.4) is 0 Å². The van der Waals surface area contributed by atoms with E-state index in [0.29, 0.717) is 6.61 Å². The molecule has 1 aromatic heterocycles. The number of hydrogen-bond donors (Lipinski definition) is 1. The molecule has 0 fully saturated rings. The summed E-state index contributed by atoms with van der Waals surface area (Å²) in [5.74, 6) is 0.905. The number of pyridine rings is 1. The van der Waals surface area contributed by atoms with Crippen molar-refractivity contribution in [3.05, 3.63) is 58.3 Å². The van der Waals surface area contributed by atoms with Gasteiger partial charge in [0.1, 0.15) is 12.4 Å². The van der Waals surface area contributed by atoms with Crippen LogP contribution < -0.4 is 10.1 Å². The van der Waals surface area contributed by atoms with Gasteiger partial charge in [0.05, 0.1) is 5.69 Å². The molecule has 0 aliphatic rings. The molecule has 0 saturated carbocycles. The highest BCUT2D eigenvalue weighted by Crippen LogP contribution is 2.24. The summed E-state index contributed by atoms with van der Waals surface area (Å²) in [6, 6.07) is 11.9. The largest absolute Gasteiger partial charge is 0.487 e. The van der Waals surface area contributed by atoms with Crippen LogP contribution in [0.5, 0.6) is 5.75 Å². The van der Waals surface area contributed by atoms with Gasteiger partial charge >= 0.3 is 0 Å². The lowest BCUT2D eigenvalue weighted by molar-refractivity contribution is 0.297. The Morgan fingerprint density at radius 3 is 2.90 bits per heavy atom. The fraction of sp³-hybridized carbons (Fsp3) is 0.312. The highest BCUT2D eigenvalue weighted by atomic mass is 79.9. The zero-order valence-electron chi connectivity index (χ0n) is 11.6. The molecule has 2 rings (SSSR count). The van der Waals surface area contributed by atoms with Gasteiger partial charge in [-0.05, 0) is 43.3 Å². The molecule has 0 amide bonds. The Morgan fingerprint density at radius 2 is 2.15 bits per heavy atom. The predicted molar refractivity (Wildman–Crippen MR) is 84.7 cm³/mol. The number of nitrogens with zero attached hydrogens (tertiary/aromatic N) is 1. The molecule has 1 N–H and O–H groups in total. The maximum atomic E-state index is 5.89.